The molecule has 0 bridgehead atoms. The van der Waals surface area contributed by atoms with Crippen LogP contribution in [0.25, 0.3) is 0 Å². The molecule has 0 aromatic heterocycles. The first kappa shape index (κ1) is 17.6. The van der Waals surface area contributed by atoms with Gasteiger partial charge in [0.15, 0.2) is 0 Å². The number of halogens is 6. The highest BCUT2D eigenvalue weighted by Crippen LogP contribution is 2.26. The highest BCUT2D eigenvalue weighted by molar-refractivity contribution is 5.30. The number of hydrogen-bond acceptors (Lipinski definition) is 3. The summed E-state index contributed by atoms with van der Waals surface area (Å²) in [6, 6.07) is 4.20. The maximum Gasteiger partial charge on any atom is 0.573 e. The molecule has 0 radical (unpaired) electrons. The fraction of sp³-hybridized carbons (Fsp3) is 0.500. The second-order valence-electron chi connectivity index (χ2n) is 4.18. The van der Waals surface area contributed by atoms with E-state index in [9.17, 15) is 26.3 Å². The van der Waals surface area contributed by atoms with Crippen LogP contribution in [0.2, 0.25) is 0 Å². The zero-order valence-corrected chi connectivity index (χ0v) is 10.7. The number of hydrogen-bond donors (Lipinski definition) is 1. The summed E-state index contributed by atoms with van der Waals surface area (Å²) in [4.78, 5) is 0. The van der Waals surface area contributed by atoms with Gasteiger partial charge in [0.05, 0.1) is 0 Å². The Kier molecular flexibility index (Phi) is 5.85. The first-order chi connectivity index (χ1) is 9.57. The maximum absolute atomic E-state index is 12.1. The van der Waals surface area contributed by atoms with Gasteiger partial charge < -0.3 is 15.2 Å². The summed E-state index contributed by atoms with van der Waals surface area (Å²) in [5.41, 5.74) is 5.99. The van der Waals surface area contributed by atoms with Crippen molar-refractivity contribution in [3.63, 3.8) is 0 Å². The fourth-order valence-corrected chi connectivity index (χ4v) is 1.51. The van der Waals surface area contributed by atoms with Crippen LogP contribution in [0.1, 0.15) is 18.0 Å². The molecule has 1 aromatic carbocycles. The van der Waals surface area contributed by atoms with Gasteiger partial charge in [-0.25, -0.2) is 0 Å². The molecule has 0 fully saturated rings. The molecule has 9 heteroatoms. The molecule has 0 amide bonds. The van der Waals surface area contributed by atoms with Gasteiger partial charge in [-0.1, -0.05) is 12.1 Å². The molecule has 1 aromatic rings. The lowest BCUT2D eigenvalue weighted by Gasteiger charge is -2.15. The van der Waals surface area contributed by atoms with Gasteiger partial charge >= 0.3 is 12.5 Å². The second kappa shape index (κ2) is 6.99. The molecule has 0 saturated carbocycles. The summed E-state index contributed by atoms with van der Waals surface area (Å²) < 4.78 is 79.8. The highest BCUT2D eigenvalue weighted by atomic mass is 19.4. The van der Waals surface area contributed by atoms with E-state index in [0.717, 1.165) is 12.1 Å². The molecule has 0 heterocycles. The Hall–Kier alpha value is -1.48. The summed E-state index contributed by atoms with van der Waals surface area (Å²) in [6.07, 6.45) is -9.21. The minimum Gasteiger partial charge on any atom is -0.406 e. The van der Waals surface area contributed by atoms with Crippen molar-refractivity contribution in [2.45, 2.75) is 25.0 Å². The minimum absolute atomic E-state index is 0.0333. The Morgan fingerprint density at radius 2 is 1.76 bits per heavy atom. The Morgan fingerprint density at radius 3 is 2.33 bits per heavy atom. The van der Waals surface area contributed by atoms with Crippen LogP contribution in [-0.4, -0.2) is 25.8 Å². The van der Waals surface area contributed by atoms with E-state index in [1.807, 2.05) is 0 Å². The van der Waals surface area contributed by atoms with E-state index >= 15 is 0 Å². The molecule has 2 N–H and O–H groups in total. The van der Waals surface area contributed by atoms with Crippen LogP contribution in [0.3, 0.4) is 0 Å². The van der Waals surface area contributed by atoms with Gasteiger partial charge in [0.1, 0.15) is 12.4 Å². The average molecular weight is 317 g/mol. The molecule has 120 valence electrons. The summed E-state index contributed by atoms with van der Waals surface area (Å²) in [5.74, 6) is -0.438. The van der Waals surface area contributed by atoms with E-state index in [1.54, 1.807) is 0 Å². The highest BCUT2D eigenvalue weighted by Gasteiger charge is 2.31. The average Bonchev–Trinajstić information content (AvgIpc) is 2.31. The number of rotatable bonds is 6. The molecule has 0 aliphatic carbocycles. The summed E-state index contributed by atoms with van der Waals surface area (Å²) in [7, 11) is 0. The number of benzene rings is 1. The van der Waals surface area contributed by atoms with Gasteiger partial charge in [0.25, 0.3) is 0 Å². The SMILES string of the molecule is NC(CCOCC(F)(F)F)c1cccc(OC(F)(F)F)c1. The van der Waals surface area contributed by atoms with Crippen molar-refractivity contribution in [1.82, 2.24) is 0 Å². The molecule has 1 unspecified atom stereocenters. The third-order valence-electron chi connectivity index (χ3n) is 2.36. The van der Waals surface area contributed by atoms with E-state index < -0.39 is 30.9 Å². The summed E-state index contributed by atoms with van der Waals surface area (Å²) in [5, 5.41) is 0. The standard InChI is InChI=1S/C12H13F6NO2/c13-11(14,15)7-20-5-4-10(19)8-2-1-3-9(6-8)21-12(16,17)18/h1-3,6,10H,4-5,7,19H2. The van der Waals surface area contributed by atoms with Crippen LogP contribution in [0, 0.1) is 0 Å². The van der Waals surface area contributed by atoms with E-state index in [-0.39, 0.29) is 13.0 Å². The monoisotopic (exact) mass is 317 g/mol. The smallest absolute Gasteiger partial charge is 0.406 e. The molecule has 21 heavy (non-hydrogen) atoms. The number of alkyl halides is 6. The Morgan fingerprint density at radius 1 is 1.10 bits per heavy atom. The fourth-order valence-electron chi connectivity index (χ4n) is 1.51. The van der Waals surface area contributed by atoms with Gasteiger partial charge in [-0.05, 0) is 24.1 Å². The van der Waals surface area contributed by atoms with Crippen molar-refractivity contribution >= 4 is 0 Å². The van der Waals surface area contributed by atoms with E-state index in [2.05, 4.69) is 9.47 Å². The van der Waals surface area contributed by atoms with Gasteiger partial charge in [-0.15, -0.1) is 13.2 Å². The summed E-state index contributed by atoms with van der Waals surface area (Å²) >= 11 is 0. The van der Waals surface area contributed by atoms with Gasteiger partial charge in [-0.2, -0.15) is 13.2 Å². The lowest BCUT2D eigenvalue weighted by molar-refractivity contribution is -0.274. The van der Waals surface area contributed by atoms with Crippen molar-refractivity contribution in [2.75, 3.05) is 13.2 Å². The minimum atomic E-state index is -4.82. The molecular weight excluding hydrogens is 304 g/mol. The lowest BCUT2D eigenvalue weighted by Crippen LogP contribution is -2.20. The van der Waals surface area contributed by atoms with E-state index in [1.165, 1.54) is 12.1 Å². The van der Waals surface area contributed by atoms with Crippen LogP contribution in [0.15, 0.2) is 24.3 Å². The predicted molar refractivity (Wildman–Crippen MR) is 61.5 cm³/mol. The predicted octanol–water partition coefficient (Wildman–Crippen LogP) is 3.55. The molecule has 1 rings (SSSR count). The zero-order chi connectivity index (χ0) is 16.1. The number of ether oxygens (including phenoxy) is 2. The number of nitrogens with two attached hydrogens (primary N) is 1. The first-order valence-electron chi connectivity index (χ1n) is 5.82. The maximum atomic E-state index is 12.1. The van der Waals surface area contributed by atoms with Crippen LogP contribution in [0.4, 0.5) is 26.3 Å². The molecule has 1 atom stereocenters. The molecular formula is C12H13F6NO2. The topological polar surface area (TPSA) is 44.5 Å². The quantitative estimate of drug-likeness (QED) is 0.644. The molecule has 0 aliphatic rings. The van der Waals surface area contributed by atoms with Crippen molar-refractivity contribution in [1.29, 1.82) is 0 Å². The summed E-state index contributed by atoms with van der Waals surface area (Å²) in [6.45, 7) is -1.65. The van der Waals surface area contributed by atoms with E-state index in [0.29, 0.717) is 5.56 Å². The largest absolute Gasteiger partial charge is 0.573 e. The van der Waals surface area contributed by atoms with Gasteiger partial charge in [0.2, 0.25) is 0 Å². The molecule has 0 aliphatic heterocycles. The van der Waals surface area contributed by atoms with Crippen LogP contribution in [-0.2, 0) is 4.74 Å². The Bertz CT molecular complexity index is 446. The van der Waals surface area contributed by atoms with Crippen LogP contribution in [0.5, 0.6) is 5.75 Å². The van der Waals surface area contributed by atoms with E-state index in [4.69, 9.17) is 5.73 Å². The van der Waals surface area contributed by atoms with Crippen LogP contribution >= 0.6 is 0 Å². The Balaban J connectivity index is 2.50. The zero-order valence-electron chi connectivity index (χ0n) is 10.7. The van der Waals surface area contributed by atoms with Crippen LogP contribution < -0.4 is 10.5 Å². The molecule has 3 nitrogen and oxygen atoms in total. The molecule has 0 spiro atoms. The van der Waals surface area contributed by atoms with Crippen molar-refractivity contribution in [3.8, 4) is 5.75 Å². The molecule has 0 saturated heterocycles. The van der Waals surface area contributed by atoms with Gasteiger partial charge in [-0.3, -0.25) is 0 Å². The van der Waals surface area contributed by atoms with Gasteiger partial charge in [0, 0.05) is 12.6 Å². The Labute approximate surface area is 116 Å². The third kappa shape index (κ3) is 7.76. The first-order valence-corrected chi connectivity index (χ1v) is 5.82. The van der Waals surface area contributed by atoms with Crippen molar-refractivity contribution < 1.29 is 35.8 Å². The third-order valence-corrected chi connectivity index (χ3v) is 2.36. The van der Waals surface area contributed by atoms with Crippen molar-refractivity contribution in [3.05, 3.63) is 29.8 Å². The normalized spacial score (nSPS) is 14.0. The lowest BCUT2D eigenvalue weighted by atomic mass is 10.1. The second-order valence-corrected chi connectivity index (χ2v) is 4.18. The van der Waals surface area contributed by atoms with Crippen molar-refractivity contribution in [2.24, 2.45) is 5.73 Å².